The van der Waals surface area contributed by atoms with Crippen LogP contribution in [0.4, 0.5) is 0 Å². The van der Waals surface area contributed by atoms with Gasteiger partial charge in [-0.3, -0.25) is 0 Å². The average molecular weight is 196 g/mol. The molecule has 0 spiro atoms. The highest BCUT2D eigenvalue weighted by Crippen LogP contribution is 2.39. The Morgan fingerprint density at radius 3 is 2.77 bits per heavy atom. The number of thiazole rings is 1. The van der Waals surface area contributed by atoms with Crippen molar-refractivity contribution in [2.24, 2.45) is 11.1 Å². The molecule has 0 unspecified atom stereocenters. The molecule has 0 aromatic carbocycles. The molecule has 72 valence electrons. The molecule has 13 heavy (non-hydrogen) atoms. The van der Waals surface area contributed by atoms with Crippen LogP contribution in [0.5, 0.6) is 0 Å². The highest BCUT2D eigenvalue weighted by Gasteiger charge is 2.32. The SMILES string of the molecule is NCC1(Cc2cscn2)CCCC1. The average Bonchev–Trinajstić information content (AvgIpc) is 2.77. The van der Waals surface area contributed by atoms with Crippen LogP contribution in [0, 0.1) is 5.41 Å². The second kappa shape index (κ2) is 3.76. The molecule has 2 N–H and O–H groups in total. The lowest BCUT2D eigenvalue weighted by Crippen LogP contribution is -2.29. The Balaban J connectivity index is 2.06. The fraction of sp³-hybridized carbons (Fsp3) is 0.700. The first-order chi connectivity index (χ1) is 6.35. The molecule has 0 bridgehead atoms. The molecule has 1 saturated carbocycles. The molecule has 0 atom stereocenters. The van der Waals surface area contributed by atoms with Crippen LogP contribution in [0.1, 0.15) is 31.4 Å². The first-order valence-corrected chi connectivity index (χ1v) is 5.86. The number of rotatable bonds is 3. The van der Waals surface area contributed by atoms with Gasteiger partial charge in [0.2, 0.25) is 0 Å². The molecule has 2 rings (SSSR count). The van der Waals surface area contributed by atoms with E-state index in [9.17, 15) is 0 Å². The molecule has 0 saturated heterocycles. The van der Waals surface area contributed by atoms with E-state index in [0.29, 0.717) is 5.41 Å². The Kier molecular flexibility index (Phi) is 2.65. The molecule has 1 fully saturated rings. The third-order valence-corrected chi connectivity index (χ3v) is 3.77. The smallest absolute Gasteiger partial charge is 0.0794 e. The van der Waals surface area contributed by atoms with Crippen LogP contribution in [-0.2, 0) is 6.42 Å². The van der Waals surface area contributed by atoms with Crippen LogP contribution >= 0.6 is 11.3 Å². The maximum atomic E-state index is 5.86. The van der Waals surface area contributed by atoms with Gasteiger partial charge in [-0.2, -0.15) is 0 Å². The zero-order valence-corrected chi connectivity index (χ0v) is 8.65. The lowest BCUT2D eigenvalue weighted by atomic mass is 9.82. The summed E-state index contributed by atoms with van der Waals surface area (Å²) < 4.78 is 0. The lowest BCUT2D eigenvalue weighted by Gasteiger charge is -2.25. The zero-order chi connectivity index (χ0) is 9.15. The first kappa shape index (κ1) is 9.16. The van der Waals surface area contributed by atoms with Crippen molar-refractivity contribution < 1.29 is 0 Å². The molecule has 0 amide bonds. The summed E-state index contributed by atoms with van der Waals surface area (Å²) >= 11 is 1.68. The van der Waals surface area contributed by atoms with Gasteiger partial charge in [0.05, 0.1) is 11.2 Å². The van der Waals surface area contributed by atoms with Crippen LogP contribution in [0.25, 0.3) is 0 Å². The number of nitrogens with zero attached hydrogens (tertiary/aromatic N) is 1. The molecule has 1 aliphatic rings. The molecule has 0 radical (unpaired) electrons. The summed E-state index contributed by atoms with van der Waals surface area (Å²) in [6.45, 7) is 0.824. The van der Waals surface area contributed by atoms with E-state index in [2.05, 4.69) is 10.4 Å². The summed E-state index contributed by atoms with van der Waals surface area (Å²) in [6, 6.07) is 0. The van der Waals surface area contributed by atoms with Crippen molar-refractivity contribution in [1.29, 1.82) is 0 Å². The Labute approximate surface area is 83.2 Å². The Bertz CT molecular complexity index is 250. The maximum absolute atomic E-state index is 5.86. The molecule has 1 aromatic heterocycles. The van der Waals surface area contributed by atoms with Crippen molar-refractivity contribution in [2.45, 2.75) is 32.1 Å². The third kappa shape index (κ3) is 1.92. The van der Waals surface area contributed by atoms with Crippen LogP contribution in [0.2, 0.25) is 0 Å². The summed E-state index contributed by atoms with van der Waals surface area (Å²) in [4.78, 5) is 4.34. The minimum absolute atomic E-state index is 0.383. The molecule has 1 aliphatic carbocycles. The Morgan fingerprint density at radius 2 is 2.23 bits per heavy atom. The number of nitrogens with two attached hydrogens (primary N) is 1. The van der Waals surface area contributed by atoms with E-state index in [1.807, 2.05) is 5.51 Å². The zero-order valence-electron chi connectivity index (χ0n) is 7.83. The predicted molar refractivity (Wildman–Crippen MR) is 55.8 cm³/mol. The topological polar surface area (TPSA) is 38.9 Å². The van der Waals surface area contributed by atoms with Crippen LogP contribution in [-0.4, -0.2) is 11.5 Å². The Morgan fingerprint density at radius 1 is 1.46 bits per heavy atom. The number of aromatic nitrogens is 1. The van der Waals surface area contributed by atoms with Gasteiger partial charge in [0, 0.05) is 5.38 Å². The van der Waals surface area contributed by atoms with Gasteiger partial charge < -0.3 is 5.73 Å². The fourth-order valence-corrected chi connectivity index (χ4v) is 2.85. The normalized spacial score (nSPS) is 20.7. The molecular formula is C10H16N2S. The first-order valence-electron chi connectivity index (χ1n) is 4.92. The second-order valence-electron chi connectivity index (χ2n) is 4.07. The van der Waals surface area contributed by atoms with E-state index >= 15 is 0 Å². The number of hydrogen-bond acceptors (Lipinski definition) is 3. The molecule has 3 heteroatoms. The summed E-state index contributed by atoms with van der Waals surface area (Å²) in [5.41, 5.74) is 9.39. The van der Waals surface area contributed by atoms with Gasteiger partial charge in [-0.1, -0.05) is 12.8 Å². The molecule has 1 aromatic rings. The van der Waals surface area contributed by atoms with Crippen molar-refractivity contribution in [3.8, 4) is 0 Å². The predicted octanol–water partition coefficient (Wildman–Crippen LogP) is 2.20. The van der Waals surface area contributed by atoms with Crippen molar-refractivity contribution in [2.75, 3.05) is 6.54 Å². The monoisotopic (exact) mass is 196 g/mol. The fourth-order valence-electron chi connectivity index (χ4n) is 2.29. The molecule has 2 nitrogen and oxygen atoms in total. The highest BCUT2D eigenvalue weighted by molar-refractivity contribution is 7.07. The van der Waals surface area contributed by atoms with Gasteiger partial charge in [0.1, 0.15) is 0 Å². The van der Waals surface area contributed by atoms with Crippen LogP contribution in [0.3, 0.4) is 0 Å². The highest BCUT2D eigenvalue weighted by atomic mass is 32.1. The van der Waals surface area contributed by atoms with Crippen molar-refractivity contribution in [3.63, 3.8) is 0 Å². The molecule has 1 heterocycles. The van der Waals surface area contributed by atoms with Gasteiger partial charge in [-0.15, -0.1) is 11.3 Å². The van der Waals surface area contributed by atoms with Crippen LogP contribution < -0.4 is 5.73 Å². The minimum atomic E-state index is 0.383. The summed E-state index contributed by atoms with van der Waals surface area (Å²) in [5.74, 6) is 0. The lowest BCUT2D eigenvalue weighted by molar-refractivity contribution is 0.304. The van der Waals surface area contributed by atoms with Gasteiger partial charge >= 0.3 is 0 Å². The summed E-state index contributed by atoms with van der Waals surface area (Å²) in [5, 5.41) is 2.15. The van der Waals surface area contributed by atoms with Gasteiger partial charge in [-0.25, -0.2) is 4.98 Å². The van der Waals surface area contributed by atoms with Crippen molar-refractivity contribution in [3.05, 3.63) is 16.6 Å². The largest absolute Gasteiger partial charge is 0.330 e. The van der Waals surface area contributed by atoms with Gasteiger partial charge in [0.15, 0.2) is 0 Å². The molecular weight excluding hydrogens is 180 g/mol. The standard InChI is InChI=1S/C10H16N2S/c11-7-10(3-1-2-4-10)5-9-6-13-8-12-9/h6,8H,1-5,7,11H2. The maximum Gasteiger partial charge on any atom is 0.0794 e. The second-order valence-corrected chi connectivity index (χ2v) is 4.79. The van der Waals surface area contributed by atoms with E-state index in [4.69, 9.17) is 5.73 Å². The van der Waals surface area contributed by atoms with E-state index in [1.54, 1.807) is 11.3 Å². The van der Waals surface area contributed by atoms with E-state index < -0.39 is 0 Å². The van der Waals surface area contributed by atoms with E-state index in [-0.39, 0.29) is 0 Å². The Hall–Kier alpha value is -0.410. The quantitative estimate of drug-likeness (QED) is 0.805. The van der Waals surface area contributed by atoms with Gasteiger partial charge in [0.25, 0.3) is 0 Å². The van der Waals surface area contributed by atoms with Crippen molar-refractivity contribution in [1.82, 2.24) is 4.98 Å². The minimum Gasteiger partial charge on any atom is -0.330 e. The summed E-state index contributed by atoms with van der Waals surface area (Å²) in [6.07, 6.45) is 6.37. The van der Waals surface area contributed by atoms with Crippen molar-refractivity contribution >= 4 is 11.3 Å². The van der Waals surface area contributed by atoms with Crippen LogP contribution in [0.15, 0.2) is 10.9 Å². The van der Waals surface area contributed by atoms with Gasteiger partial charge in [-0.05, 0) is 31.2 Å². The molecule has 0 aliphatic heterocycles. The third-order valence-electron chi connectivity index (χ3n) is 3.14. The van der Waals surface area contributed by atoms with E-state index in [1.165, 1.54) is 31.4 Å². The summed E-state index contributed by atoms with van der Waals surface area (Å²) in [7, 11) is 0. The van der Waals surface area contributed by atoms with E-state index in [0.717, 1.165) is 13.0 Å². The number of hydrogen-bond donors (Lipinski definition) is 1.